The number of rotatable bonds is 5. The van der Waals surface area contributed by atoms with E-state index in [-0.39, 0.29) is 12.5 Å². The summed E-state index contributed by atoms with van der Waals surface area (Å²) >= 11 is 0. The van der Waals surface area contributed by atoms with Gasteiger partial charge in [0.15, 0.2) is 0 Å². The Morgan fingerprint density at radius 3 is 1.88 bits per heavy atom. The Bertz CT molecular complexity index is 601. The minimum Gasteiger partial charge on any atom is -0.497 e. The Morgan fingerprint density at radius 1 is 0.958 bits per heavy atom. The fourth-order valence-corrected chi connectivity index (χ4v) is 3.59. The molecule has 1 atom stereocenters. The van der Waals surface area contributed by atoms with E-state index in [0.717, 1.165) is 35.5 Å². The molecule has 4 nitrogen and oxygen atoms in total. The van der Waals surface area contributed by atoms with Crippen molar-refractivity contribution in [1.29, 1.82) is 0 Å². The molecule has 2 aromatic rings. The highest BCUT2D eigenvalue weighted by Crippen LogP contribution is 2.45. The van der Waals surface area contributed by atoms with Crippen molar-refractivity contribution in [3.05, 3.63) is 59.7 Å². The average molecular weight is 328 g/mol. The third-order valence-electron chi connectivity index (χ3n) is 4.86. The van der Waals surface area contributed by atoms with Gasteiger partial charge in [0.1, 0.15) is 17.1 Å². The monoisotopic (exact) mass is 328 g/mol. The van der Waals surface area contributed by atoms with Crippen molar-refractivity contribution >= 4 is 0 Å². The topological polar surface area (TPSA) is 47.9 Å². The van der Waals surface area contributed by atoms with Gasteiger partial charge in [0.25, 0.3) is 0 Å². The van der Waals surface area contributed by atoms with Gasteiger partial charge in [0.2, 0.25) is 0 Å². The molecule has 24 heavy (non-hydrogen) atoms. The molecular formula is C20H24O4. The van der Waals surface area contributed by atoms with Gasteiger partial charge in [-0.15, -0.1) is 0 Å². The van der Waals surface area contributed by atoms with E-state index >= 15 is 0 Å². The van der Waals surface area contributed by atoms with E-state index in [2.05, 4.69) is 0 Å². The normalized spacial score (nSPS) is 19.7. The van der Waals surface area contributed by atoms with Crippen LogP contribution in [0.3, 0.4) is 0 Å². The summed E-state index contributed by atoms with van der Waals surface area (Å²) in [5.74, 6) is 1.62. The molecule has 0 aliphatic carbocycles. The largest absolute Gasteiger partial charge is 0.497 e. The lowest BCUT2D eigenvalue weighted by Gasteiger charge is -2.44. The summed E-state index contributed by atoms with van der Waals surface area (Å²) in [4.78, 5) is 0. The van der Waals surface area contributed by atoms with Gasteiger partial charge in [-0.3, -0.25) is 0 Å². The van der Waals surface area contributed by atoms with Crippen LogP contribution in [0.4, 0.5) is 0 Å². The molecule has 0 aromatic heterocycles. The zero-order chi connectivity index (χ0) is 17.0. The number of hydrogen-bond acceptors (Lipinski definition) is 4. The maximum Gasteiger partial charge on any atom is 0.123 e. The molecule has 1 heterocycles. The predicted octanol–water partition coefficient (Wildman–Crippen LogP) is 3.37. The summed E-state index contributed by atoms with van der Waals surface area (Å²) in [6, 6.07) is 15.8. The van der Waals surface area contributed by atoms with Gasteiger partial charge in [-0.25, -0.2) is 0 Å². The van der Waals surface area contributed by atoms with Crippen molar-refractivity contribution in [3.8, 4) is 11.5 Å². The second-order valence-corrected chi connectivity index (χ2v) is 6.06. The smallest absolute Gasteiger partial charge is 0.123 e. The fourth-order valence-electron chi connectivity index (χ4n) is 3.59. The van der Waals surface area contributed by atoms with Crippen molar-refractivity contribution in [2.24, 2.45) is 5.92 Å². The first-order valence-electron chi connectivity index (χ1n) is 8.28. The number of ether oxygens (including phenoxy) is 3. The SMILES string of the molecule is COc1ccc(C2(c3ccc(OC)cc3)OCCC[C@@H]2CO)cc1. The van der Waals surface area contributed by atoms with Crippen LogP contribution < -0.4 is 9.47 Å². The predicted molar refractivity (Wildman–Crippen MR) is 92.5 cm³/mol. The Labute approximate surface area is 143 Å². The number of aliphatic hydroxyl groups is 1. The average Bonchev–Trinajstić information content (AvgIpc) is 2.68. The van der Waals surface area contributed by atoms with Crippen molar-refractivity contribution in [2.75, 3.05) is 27.4 Å². The van der Waals surface area contributed by atoms with Crippen LogP contribution in [0.25, 0.3) is 0 Å². The van der Waals surface area contributed by atoms with E-state index in [4.69, 9.17) is 14.2 Å². The lowest BCUT2D eigenvalue weighted by atomic mass is 9.73. The van der Waals surface area contributed by atoms with E-state index in [0.29, 0.717) is 6.61 Å². The molecule has 0 spiro atoms. The van der Waals surface area contributed by atoms with Gasteiger partial charge >= 0.3 is 0 Å². The summed E-state index contributed by atoms with van der Waals surface area (Å²) in [7, 11) is 3.31. The standard InChI is InChI=1S/C20H24O4/c1-22-18-9-5-15(6-10-18)20(17(14-21)4-3-13-24-20)16-7-11-19(23-2)12-8-16/h5-12,17,21H,3-4,13-14H2,1-2H3/t17-/m1/s1. The molecule has 4 heteroatoms. The van der Waals surface area contributed by atoms with E-state index in [1.54, 1.807) is 14.2 Å². The molecule has 0 bridgehead atoms. The number of hydrogen-bond donors (Lipinski definition) is 1. The first kappa shape index (κ1) is 16.8. The van der Waals surface area contributed by atoms with Gasteiger partial charge < -0.3 is 19.3 Å². The molecule has 1 aliphatic heterocycles. The lowest BCUT2D eigenvalue weighted by molar-refractivity contribution is -0.109. The second-order valence-electron chi connectivity index (χ2n) is 6.06. The number of aliphatic hydroxyl groups excluding tert-OH is 1. The van der Waals surface area contributed by atoms with Crippen LogP contribution in [0, 0.1) is 5.92 Å². The maximum absolute atomic E-state index is 10.0. The number of benzene rings is 2. The van der Waals surface area contributed by atoms with Crippen LogP contribution in [0.1, 0.15) is 24.0 Å². The van der Waals surface area contributed by atoms with Gasteiger partial charge in [-0.1, -0.05) is 24.3 Å². The third kappa shape index (κ3) is 2.87. The Morgan fingerprint density at radius 2 is 1.46 bits per heavy atom. The van der Waals surface area contributed by atoms with Crippen molar-refractivity contribution < 1.29 is 19.3 Å². The van der Waals surface area contributed by atoms with Crippen molar-refractivity contribution in [3.63, 3.8) is 0 Å². The fraction of sp³-hybridized carbons (Fsp3) is 0.400. The van der Waals surface area contributed by atoms with Crippen LogP contribution in [-0.4, -0.2) is 32.5 Å². The molecule has 128 valence electrons. The molecule has 0 unspecified atom stereocenters. The first-order valence-corrected chi connectivity index (χ1v) is 8.28. The van der Waals surface area contributed by atoms with E-state index in [1.165, 1.54) is 0 Å². The van der Waals surface area contributed by atoms with Gasteiger partial charge in [-0.05, 0) is 48.2 Å². The highest BCUT2D eigenvalue weighted by atomic mass is 16.5. The van der Waals surface area contributed by atoms with Gasteiger partial charge in [0.05, 0.1) is 14.2 Å². The maximum atomic E-state index is 10.0. The highest BCUT2D eigenvalue weighted by molar-refractivity contribution is 5.42. The van der Waals surface area contributed by atoms with Crippen LogP contribution >= 0.6 is 0 Å². The highest BCUT2D eigenvalue weighted by Gasteiger charge is 2.45. The molecular weight excluding hydrogens is 304 g/mol. The molecule has 2 aromatic carbocycles. The van der Waals surface area contributed by atoms with Gasteiger partial charge in [0, 0.05) is 19.1 Å². The van der Waals surface area contributed by atoms with Crippen LogP contribution in [0.5, 0.6) is 11.5 Å². The summed E-state index contributed by atoms with van der Waals surface area (Å²) in [6.45, 7) is 0.757. The minimum absolute atomic E-state index is 0.00744. The zero-order valence-corrected chi connectivity index (χ0v) is 14.2. The summed E-state index contributed by atoms with van der Waals surface area (Å²) in [5.41, 5.74) is 1.42. The Hall–Kier alpha value is -2.04. The third-order valence-corrected chi connectivity index (χ3v) is 4.86. The molecule has 1 aliphatic rings. The molecule has 0 saturated carbocycles. The van der Waals surface area contributed by atoms with E-state index in [9.17, 15) is 5.11 Å². The van der Waals surface area contributed by atoms with Crippen LogP contribution in [0.2, 0.25) is 0 Å². The first-order chi connectivity index (χ1) is 11.7. The quantitative estimate of drug-likeness (QED) is 0.914. The molecule has 1 saturated heterocycles. The Kier molecular flexibility index (Phi) is 5.07. The van der Waals surface area contributed by atoms with E-state index < -0.39 is 5.60 Å². The molecule has 1 fully saturated rings. The van der Waals surface area contributed by atoms with Crippen molar-refractivity contribution in [1.82, 2.24) is 0 Å². The number of methoxy groups -OCH3 is 2. The molecule has 0 amide bonds. The van der Waals surface area contributed by atoms with Gasteiger partial charge in [-0.2, -0.15) is 0 Å². The van der Waals surface area contributed by atoms with Crippen LogP contribution in [-0.2, 0) is 10.3 Å². The summed E-state index contributed by atoms with van der Waals surface area (Å²) < 4.78 is 16.9. The minimum atomic E-state index is -0.647. The van der Waals surface area contributed by atoms with E-state index in [1.807, 2.05) is 48.5 Å². The molecule has 0 radical (unpaired) electrons. The summed E-state index contributed by atoms with van der Waals surface area (Å²) in [6.07, 6.45) is 1.88. The zero-order valence-electron chi connectivity index (χ0n) is 14.2. The van der Waals surface area contributed by atoms with Crippen LogP contribution in [0.15, 0.2) is 48.5 Å². The Balaban J connectivity index is 2.11. The lowest BCUT2D eigenvalue weighted by Crippen LogP contribution is -2.44. The van der Waals surface area contributed by atoms with Crippen molar-refractivity contribution in [2.45, 2.75) is 18.4 Å². The molecule has 1 N–H and O–H groups in total. The molecule has 3 rings (SSSR count). The summed E-state index contributed by atoms with van der Waals surface area (Å²) in [5, 5.41) is 10.0. The second kappa shape index (κ2) is 7.24.